The van der Waals surface area contributed by atoms with Crippen molar-refractivity contribution in [1.82, 2.24) is 0 Å². The fraction of sp³-hybridized carbons (Fsp3) is 0.938. The zero-order chi connectivity index (χ0) is 31.0. The Bertz CT molecular complexity index is 500. The smallest absolute Gasteiger partial charge is 0.111 e. The van der Waals surface area contributed by atoms with Gasteiger partial charge in [-0.2, -0.15) is 0 Å². The number of hydrogen-bond donors (Lipinski definition) is 0. The molecule has 0 spiro atoms. The van der Waals surface area contributed by atoms with Crippen LogP contribution in [0.2, 0.25) is 0 Å². The molecule has 0 aromatic rings. The number of ether oxygens (including phenoxy) is 11. The lowest BCUT2D eigenvalue weighted by Crippen LogP contribution is -2.15. The summed E-state index contributed by atoms with van der Waals surface area (Å²) < 4.78 is 59.7. The molecule has 0 radical (unpaired) electrons. The van der Waals surface area contributed by atoms with Gasteiger partial charge in [-0.3, -0.25) is 0 Å². The van der Waals surface area contributed by atoms with Crippen molar-refractivity contribution in [2.75, 3.05) is 139 Å². The van der Waals surface area contributed by atoms with E-state index in [1.165, 1.54) is 51.2 Å². The van der Waals surface area contributed by atoms with E-state index in [1.54, 1.807) is 0 Å². The first kappa shape index (κ1) is 42.1. The van der Waals surface area contributed by atoms with Gasteiger partial charge in [0.1, 0.15) is 6.61 Å². The van der Waals surface area contributed by atoms with E-state index in [9.17, 15) is 0 Å². The van der Waals surface area contributed by atoms with Crippen LogP contribution in [0.5, 0.6) is 0 Å². The van der Waals surface area contributed by atoms with Crippen LogP contribution in [0, 0.1) is 0 Å². The van der Waals surface area contributed by atoms with Gasteiger partial charge in [0, 0.05) is 6.61 Å². The van der Waals surface area contributed by atoms with Crippen LogP contribution in [-0.2, 0) is 52.1 Å². The Morgan fingerprint density at radius 1 is 0.302 bits per heavy atom. The summed E-state index contributed by atoms with van der Waals surface area (Å²) in [7, 11) is 0. The van der Waals surface area contributed by atoms with Crippen molar-refractivity contribution in [1.29, 1.82) is 0 Å². The molecule has 0 saturated heterocycles. The van der Waals surface area contributed by atoms with Crippen LogP contribution in [-0.4, -0.2) is 139 Å². The van der Waals surface area contributed by atoms with Crippen molar-refractivity contribution in [2.45, 2.75) is 58.3 Å². The molecule has 43 heavy (non-hydrogen) atoms. The predicted octanol–water partition coefficient (Wildman–Crippen LogP) is 4.45. The van der Waals surface area contributed by atoms with Gasteiger partial charge in [0.2, 0.25) is 0 Å². The molecule has 0 rings (SSSR count). The largest absolute Gasteiger partial charge is 0.499 e. The van der Waals surface area contributed by atoms with Crippen molar-refractivity contribution < 1.29 is 52.1 Å². The average Bonchev–Trinajstić information content (AvgIpc) is 3.02. The Morgan fingerprint density at radius 2 is 0.535 bits per heavy atom. The number of unbranched alkanes of at least 4 members (excludes halogenated alkanes) is 7. The minimum Gasteiger partial charge on any atom is -0.499 e. The second kappa shape index (κ2) is 41.1. The Labute approximate surface area is 262 Å². The van der Waals surface area contributed by atoms with Gasteiger partial charge in [-0.05, 0) is 6.42 Å². The molecule has 258 valence electrons. The third-order valence-corrected chi connectivity index (χ3v) is 5.95. The standard InChI is InChI=1S/C32H64O11/c1-3-5-6-7-8-9-10-11-12-34-15-16-36-19-20-38-23-24-40-27-28-42-31-32-43-30-29-41-26-25-39-22-21-37-18-17-35-14-13-33-4-2/h4H,2-3,5-32H2,1H3. The van der Waals surface area contributed by atoms with E-state index < -0.39 is 0 Å². The molecule has 0 aliphatic carbocycles. The van der Waals surface area contributed by atoms with E-state index in [0.29, 0.717) is 132 Å². The summed E-state index contributed by atoms with van der Waals surface area (Å²) in [5, 5.41) is 0. The number of rotatable bonds is 40. The summed E-state index contributed by atoms with van der Waals surface area (Å²) in [6.45, 7) is 17.4. The molecular formula is C32H64O11. The molecule has 0 aliphatic heterocycles. The van der Waals surface area contributed by atoms with Gasteiger partial charge in [0.15, 0.2) is 0 Å². The van der Waals surface area contributed by atoms with E-state index in [2.05, 4.69) is 13.5 Å². The van der Waals surface area contributed by atoms with Crippen LogP contribution in [0.15, 0.2) is 12.8 Å². The lowest BCUT2D eigenvalue weighted by atomic mass is 10.1. The van der Waals surface area contributed by atoms with Crippen molar-refractivity contribution in [3.05, 3.63) is 12.8 Å². The molecule has 11 heteroatoms. The van der Waals surface area contributed by atoms with Crippen LogP contribution in [0.1, 0.15) is 58.3 Å². The van der Waals surface area contributed by atoms with Crippen molar-refractivity contribution >= 4 is 0 Å². The molecule has 0 aliphatic rings. The first-order chi connectivity index (χ1) is 21.4. The van der Waals surface area contributed by atoms with Gasteiger partial charge in [0.05, 0.1) is 132 Å². The Balaban J connectivity index is 3.03. The van der Waals surface area contributed by atoms with Gasteiger partial charge >= 0.3 is 0 Å². The second-order valence-corrected chi connectivity index (χ2v) is 9.64. The van der Waals surface area contributed by atoms with Crippen LogP contribution < -0.4 is 0 Å². The summed E-state index contributed by atoms with van der Waals surface area (Å²) in [6.07, 6.45) is 11.9. The van der Waals surface area contributed by atoms with E-state index in [-0.39, 0.29) is 0 Å². The molecule has 0 aromatic heterocycles. The fourth-order valence-electron chi connectivity index (χ4n) is 3.61. The lowest BCUT2D eigenvalue weighted by molar-refractivity contribution is -0.0269. The number of hydrogen-bond acceptors (Lipinski definition) is 11. The summed E-state index contributed by atoms with van der Waals surface area (Å²) in [5.74, 6) is 0. The van der Waals surface area contributed by atoms with Crippen LogP contribution in [0.3, 0.4) is 0 Å². The highest BCUT2D eigenvalue weighted by Crippen LogP contribution is 2.08. The lowest BCUT2D eigenvalue weighted by Gasteiger charge is -2.09. The molecule has 0 N–H and O–H groups in total. The van der Waals surface area contributed by atoms with Gasteiger partial charge in [-0.25, -0.2) is 0 Å². The zero-order valence-electron chi connectivity index (χ0n) is 27.3. The van der Waals surface area contributed by atoms with Crippen LogP contribution in [0.4, 0.5) is 0 Å². The van der Waals surface area contributed by atoms with E-state index in [4.69, 9.17) is 52.1 Å². The molecule has 0 amide bonds. The molecule has 0 heterocycles. The molecule has 11 nitrogen and oxygen atoms in total. The second-order valence-electron chi connectivity index (χ2n) is 9.64. The molecule has 0 unspecified atom stereocenters. The monoisotopic (exact) mass is 624 g/mol. The third-order valence-electron chi connectivity index (χ3n) is 5.95. The third kappa shape index (κ3) is 41.1. The summed E-state index contributed by atoms with van der Waals surface area (Å²) in [6, 6.07) is 0. The quantitative estimate of drug-likeness (QED) is 0.0714. The maximum absolute atomic E-state index is 5.62. The summed E-state index contributed by atoms with van der Waals surface area (Å²) in [5.41, 5.74) is 0. The first-order valence-electron chi connectivity index (χ1n) is 16.4. The minimum atomic E-state index is 0.506. The fourth-order valence-corrected chi connectivity index (χ4v) is 3.61. The highest BCUT2D eigenvalue weighted by Gasteiger charge is 1.97. The van der Waals surface area contributed by atoms with E-state index >= 15 is 0 Å². The van der Waals surface area contributed by atoms with E-state index in [1.807, 2.05) is 0 Å². The molecule has 0 saturated carbocycles. The molecule has 0 atom stereocenters. The highest BCUT2D eigenvalue weighted by molar-refractivity contribution is 4.48. The van der Waals surface area contributed by atoms with Crippen molar-refractivity contribution in [3.8, 4) is 0 Å². The molecular weight excluding hydrogens is 560 g/mol. The normalized spacial score (nSPS) is 11.4. The molecule has 0 bridgehead atoms. The van der Waals surface area contributed by atoms with Crippen LogP contribution in [0.25, 0.3) is 0 Å². The zero-order valence-corrected chi connectivity index (χ0v) is 27.3. The predicted molar refractivity (Wildman–Crippen MR) is 167 cm³/mol. The average molecular weight is 625 g/mol. The topological polar surface area (TPSA) is 102 Å². The first-order valence-corrected chi connectivity index (χ1v) is 16.4. The van der Waals surface area contributed by atoms with Crippen LogP contribution >= 0.6 is 0 Å². The van der Waals surface area contributed by atoms with Gasteiger partial charge < -0.3 is 52.1 Å². The highest BCUT2D eigenvalue weighted by atomic mass is 16.6. The van der Waals surface area contributed by atoms with Crippen molar-refractivity contribution in [2.24, 2.45) is 0 Å². The minimum absolute atomic E-state index is 0.506. The SMILES string of the molecule is C=COCCOCCOCCOCCOCCOCCOCCOCCOCCOCCOCCCCCCCCCC. The van der Waals surface area contributed by atoms with Gasteiger partial charge in [0.25, 0.3) is 0 Å². The Hall–Kier alpha value is -0.860. The maximum atomic E-state index is 5.62. The summed E-state index contributed by atoms with van der Waals surface area (Å²) >= 11 is 0. The molecule has 0 aromatic carbocycles. The van der Waals surface area contributed by atoms with Gasteiger partial charge in [-0.1, -0.05) is 58.4 Å². The van der Waals surface area contributed by atoms with Gasteiger partial charge in [-0.15, -0.1) is 0 Å². The molecule has 0 fully saturated rings. The Kier molecular flexibility index (Phi) is 40.3. The van der Waals surface area contributed by atoms with E-state index in [0.717, 1.165) is 13.0 Å². The van der Waals surface area contributed by atoms with Crippen molar-refractivity contribution in [3.63, 3.8) is 0 Å². The Morgan fingerprint density at radius 3 is 0.814 bits per heavy atom. The summed E-state index contributed by atoms with van der Waals surface area (Å²) in [4.78, 5) is 0. The maximum Gasteiger partial charge on any atom is 0.111 e.